The van der Waals surface area contributed by atoms with Crippen LogP contribution in [0.25, 0.3) is 0 Å². The van der Waals surface area contributed by atoms with Crippen molar-refractivity contribution >= 4 is 15.9 Å². The van der Waals surface area contributed by atoms with Crippen molar-refractivity contribution in [3.8, 4) is 0 Å². The van der Waals surface area contributed by atoms with E-state index in [0.29, 0.717) is 24.4 Å². The number of carbonyl (C=O) groups excluding carboxylic acids is 1. The fourth-order valence-corrected chi connectivity index (χ4v) is 2.51. The van der Waals surface area contributed by atoms with Crippen molar-refractivity contribution in [3.63, 3.8) is 0 Å². The number of nitrogens with one attached hydrogen (secondary N) is 1. The van der Waals surface area contributed by atoms with Crippen molar-refractivity contribution in [2.24, 2.45) is 16.8 Å². The van der Waals surface area contributed by atoms with E-state index >= 15 is 0 Å². The van der Waals surface area contributed by atoms with E-state index in [-0.39, 0.29) is 17.3 Å². The van der Waals surface area contributed by atoms with Gasteiger partial charge in [-0.1, -0.05) is 19.1 Å². The smallest absolute Gasteiger partial charge is 0.238 e. The number of primary sulfonamides is 1. The first-order valence-corrected chi connectivity index (χ1v) is 8.46. The number of hydrogen-bond donors (Lipinski definition) is 3. The molecular weight excluding hydrogens is 290 g/mol. The van der Waals surface area contributed by atoms with Crippen LogP contribution < -0.4 is 16.2 Å². The lowest BCUT2D eigenvalue weighted by molar-refractivity contribution is -0.121. The maximum Gasteiger partial charge on any atom is 0.238 e. The number of rotatable bonds is 8. The molecule has 1 amide bonds. The van der Waals surface area contributed by atoms with Gasteiger partial charge in [-0.3, -0.25) is 4.79 Å². The van der Waals surface area contributed by atoms with Crippen LogP contribution in [-0.2, 0) is 21.4 Å². The molecular formula is C14H23N3O3S. The van der Waals surface area contributed by atoms with Crippen LogP contribution in [0, 0.1) is 5.92 Å². The van der Waals surface area contributed by atoms with Crippen LogP contribution in [0.2, 0.25) is 0 Å². The van der Waals surface area contributed by atoms with E-state index in [1.165, 1.54) is 12.1 Å². The third-order valence-corrected chi connectivity index (χ3v) is 4.15. The lowest BCUT2D eigenvalue weighted by Gasteiger charge is -2.10. The highest BCUT2D eigenvalue weighted by atomic mass is 32.2. The molecule has 0 heterocycles. The maximum absolute atomic E-state index is 11.7. The van der Waals surface area contributed by atoms with E-state index in [9.17, 15) is 13.2 Å². The van der Waals surface area contributed by atoms with E-state index in [1.54, 1.807) is 12.1 Å². The zero-order valence-electron chi connectivity index (χ0n) is 12.2. The molecule has 0 aromatic heterocycles. The molecule has 1 aromatic rings. The second-order valence-electron chi connectivity index (χ2n) is 5.19. The second kappa shape index (κ2) is 8.11. The van der Waals surface area contributed by atoms with Gasteiger partial charge >= 0.3 is 0 Å². The van der Waals surface area contributed by atoms with Gasteiger partial charge in [-0.05, 0) is 43.0 Å². The average molecular weight is 313 g/mol. The molecule has 6 nitrogen and oxygen atoms in total. The summed E-state index contributed by atoms with van der Waals surface area (Å²) >= 11 is 0. The van der Waals surface area contributed by atoms with E-state index in [2.05, 4.69) is 12.2 Å². The Kier molecular flexibility index (Phi) is 6.80. The largest absolute Gasteiger partial charge is 0.352 e. The molecule has 0 aliphatic carbocycles. The normalized spacial score (nSPS) is 12.9. The van der Waals surface area contributed by atoms with Crippen LogP contribution in [0.4, 0.5) is 0 Å². The Bertz CT molecular complexity index is 573. The Labute approximate surface area is 126 Å². The molecule has 5 N–H and O–H groups in total. The SMILES string of the molecule is CC(CCN)CCC(=O)NCc1cccc(S(N)(=O)=O)c1. The van der Waals surface area contributed by atoms with E-state index in [0.717, 1.165) is 12.8 Å². The van der Waals surface area contributed by atoms with Crippen molar-refractivity contribution < 1.29 is 13.2 Å². The highest BCUT2D eigenvalue weighted by Crippen LogP contribution is 2.11. The second-order valence-corrected chi connectivity index (χ2v) is 6.75. The predicted octanol–water partition coefficient (Wildman–Crippen LogP) is 0.715. The van der Waals surface area contributed by atoms with Gasteiger partial charge in [0, 0.05) is 13.0 Å². The van der Waals surface area contributed by atoms with Gasteiger partial charge in [0.25, 0.3) is 0 Å². The summed E-state index contributed by atoms with van der Waals surface area (Å²) in [6.45, 7) is 2.98. The molecule has 0 spiro atoms. The van der Waals surface area contributed by atoms with Crippen LogP contribution in [-0.4, -0.2) is 20.9 Å². The highest BCUT2D eigenvalue weighted by Gasteiger charge is 2.09. The molecule has 1 rings (SSSR count). The molecule has 0 radical (unpaired) electrons. The summed E-state index contributed by atoms with van der Waals surface area (Å²) in [5.41, 5.74) is 6.16. The minimum atomic E-state index is -3.72. The first-order valence-electron chi connectivity index (χ1n) is 6.91. The molecule has 0 aliphatic rings. The monoisotopic (exact) mass is 313 g/mol. The number of benzene rings is 1. The minimum absolute atomic E-state index is 0.0471. The Morgan fingerprint density at radius 2 is 2.05 bits per heavy atom. The highest BCUT2D eigenvalue weighted by molar-refractivity contribution is 7.89. The van der Waals surface area contributed by atoms with E-state index < -0.39 is 10.0 Å². The van der Waals surface area contributed by atoms with Gasteiger partial charge in [-0.25, -0.2) is 13.6 Å². The lowest BCUT2D eigenvalue weighted by Crippen LogP contribution is -2.23. The van der Waals surface area contributed by atoms with Gasteiger partial charge in [0.1, 0.15) is 0 Å². The quantitative estimate of drug-likeness (QED) is 0.655. The standard InChI is InChI=1S/C14H23N3O3S/c1-11(7-8-15)5-6-14(18)17-10-12-3-2-4-13(9-12)21(16,19)20/h2-4,9,11H,5-8,10,15H2,1H3,(H,17,18)(H2,16,19,20). The number of hydrogen-bond acceptors (Lipinski definition) is 4. The fourth-order valence-electron chi connectivity index (χ4n) is 1.93. The molecule has 118 valence electrons. The van der Waals surface area contributed by atoms with Crippen LogP contribution in [0.3, 0.4) is 0 Å². The topological polar surface area (TPSA) is 115 Å². The zero-order valence-corrected chi connectivity index (χ0v) is 13.0. The average Bonchev–Trinajstić information content (AvgIpc) is 2.42. The van der Waals surface area contributed by atoms with Gasteiger partial charge in [0.2, 0.25) is 15.9 Å². The molecule has 1 unspecified atom stereocenters. The third-order valence-electron chi connectivity index (χ3n) is 3.24. The Morgan fingerprint density at radius 1 is 1.33 bits per heavy atom. The number of nitrogens with two attached hydrogens (primary N) is 2. The van der Waals surface area contributed by atoms with Crippen LogP contribution in [0.1, 0.15) is 31.7 Å². The van der Waals surface area contributed by atoms with Crippen LogP contribution in [0.15, 0.2) is 29.2 Å². The summed E-state index contributed by atoms with van der Waals surface area (Å²) in [5, 5.41) is 7.83. The molecule has 1 aromatic carbocycles. The molecule has 21 heavy (non-hydrogen) atoms. The molecule has 0 aliphatic heterocycles. The first kappa shape index (κ1) is 17.6. The van der Waals surface area contributed by atoms with Crippen molar-refractivity contribution in [2.75, 3.05) is 6.54 Å². The summed E-state index contributed by atoms with van der Waals surface area (Å²) in [6.07, 6.45) is 2.14. The fraction of sp³-hybridized carbons (Fsp3) is 0.500. The Hall–Kier alpha value is -1.44. The summed E-state index contributed by atoms with van der Waals surface area (Å²) in [4.78, 5) is 11.8. The van der Waals surface area contributed by atoms with Gasteiger partial charge in [-0.2, -0.15) is 0 Å². The minimum Gasteiger partial charge on any atom is -0.352 e. The Balaban J connectivity index is 2.47. The predicted molar refractivity (Wildman–Crippen MR) is 81.7 cm³/mol. The van der Waals surface area contributed by atoms with E-state index in [1.807, 2.05) is 0 Å². The zero-order chi connectivity index (χ0) is 15.9. The summed E-state index contributed by atoms with van der Waals surface area (Å²) in [7, 11) is -3.72. The number of amides is 1. The van der Waals surface area contributed by atoms with Gasteiger partial charge in [0.15, 0.2) is 0 Å². The van der Waals surface area contributed by atoms with Gasteiger partial charge in [0.05, 0.1) is 4.90 Å². The van der Waals surface area contributed by atoms with Crippen molar-refractivity contribution in [3.05, 3.63) is 29.8 Å². The van der Waals surface area contributed by atoms with Crippen LogP contribution in [0.5, 0.6) is 0 Å². The molecule has 0 bridgehead atoms. The van der Waals surface area contributed by atoms with Crippen LogP contribution >= 0.6 is 0 Å². The first-order chi connectivity index (χ1) is 9.82. The van der Waals surface area contributed by atoms with Crippen molar-refractivity contribution in [1.29, 1.82) is 0 Å². The molecule has 0 saturated heterocycles. The maximum atomic E-state index is 11.7. The summed E-state index contributed by atoms with van der Waals surface area (Å²) in [5.74, 6) is 0.367. The Morgan fingerprint density at radius 3 is 2.67 bits per heavy atom. The summed E-state index contributed by atoms with van der Waals surface area (Å²) in [6, 6.07) is 6.23. The molecule has 0 saturated carbocycles. The van der Waals surface area contributed by atoms with Crippen molar-refractivity contribution in [1.82, 2.24) is 5.32 Å². The van der Waals surface area contributed by atoms with Gasteiger partial charge in [-0.15, -0.1) is 0 Å². The molecule has 7 heteroatoms. The van der Waals surface area contributed by atoms with E-state index in [4.69, 9.17) is 10.9 Å². The lowest BCUT2D eigenvalue weighted by atomic mass is 10.0. The van der Waals surface area contributed by atoms with Crippen molar-refractivity contribution in [2.45, 2.75) is 37.6 Å². The molecule has 1 atom stereocenters. The van der Waals surface area contributed by atoms with Gasteiger partial charge < -0.3 is 11.1 Å². The summed E-state index contributed by atoms with van der Waals surface area (Å²) < 4.78 is 22.5. The third kappa shape index (κ3) is 6.70. The number of sulfonamides is 1. The molecule has 0 fully saturated rings. The number of carbonyl (C=O) groups is 1.